The summed E-state index contributed by atoms with van der Waals surface area (Å²) in [6, 6.07) is 0. The summed E-state index contributed by atoms with van der Waals surface area (Å²) in [6.07, 6.45) is 4.74. The monoisotopic (exact) mass is 214 g/mol. The van der Waals surface area contributed by atoms with Gasteiger partial charge in [-0.05, 0) is 31.7 Å². The molecule has 0 aromatic carbocycles. The van der Waals surface area contributed by atoms with E-state index in [1.807, 2.05) is 6.92 Å². The first-order chi connectivity index (χ1) is 7.22. The Labute approximate surface area is 91.5 Å². The molecule has 0 aliphatic heterocycles. The summed E-state index contributed by atoms with van der Waals surface area (Å²) in [5.41, 5.74) is 5.93. The fraction of sp³-hybridized carbons (Fsp3) is 0.909. The zero-order chi connectivity index (χ0) is 11.1. The van der Waals surface area contributed by atoms with E-state index >= 15 is 0 Å². The van der Waals surface area contributed by atoms with E-state index in [2.05, 4.69) is 5.32 Å². The smallest absolute Gasteiger partial charge is 0.246 e. The second-order valence-corrected chi connectivity index (χ2v) is 4.33. The van der Waals surface area contributed by atoms with Gasteiger partial charge >= 0.3 is 0 Å². The first kappa shape index (κ1) is 12.5. The molecule has 1 rings (SSSR count). The zero-order valence-electron chi connectivity index (χ0n) is 9.55. The van der Waals surface area contributed by atoms with E-state index in [1.54, 1.807) is 0 Å². The van der Waals surface area contributed by atoms with Gasteiger partial charge in [0.2, 0.25) is 5.91 Å². The molecule has 1 amide bonds. The Morgan fingerprint density at radius 3 is 2.67 bits per heavy atom. The molecule has 1 fully saturated rings. The highest BCUT2D eigenvalue weighted by Crippen LogP contribution is 2.36. The lowest BCUT2D eigenvalue weighted by Gasteiger charge is -2.27. The molecule has 0 spiro atoms. The quantitative estimate of drug-likeness (QED) is 0.682. The summed E-state index contributed by atoms with van der Waals surface area (Å²) >= 11 is 0. The highest BCUT2D eigenvalue weighted by molar-refractivity contribution is 5.77. The molecule has 4 nitrogen and oxygen atoms in total. The van der Waals surface area contributed by atoms with Gasteiger partial charge in [-0.1, -0.05) is 12.8 Å². The summed E-state index contributed by atoms with van der Waals surface area (Å²) in [6.45, 7) is 4.00. The average molecular weight is 214 g/mol. The van der Waals surface area contributed by atoms with Gasteiger partial charge in [0.15, 0.2) is 0 Å². The lowest BCUT2D eigenvalue weighted by Crippen LogP contribution is -2.41. The van der Waals surface area contributed by atoms with Crippen LogP contribution in [0.4, 0.5) is 0 Å². The molecule has 1 aliphatic rings. The van der Waals surface area contributed by atoms with Crippen LogP contribution in [0.3, 0.4) is 0 Å². The number of amides is 1. The molecule has 0 atom stereocenters. The molecule has 0 unspecified atom stereocenters. The first-order valence-corrected chi connectivity index (χ1v) is 5.77. The predicted octanol–water partition coefficient (Wildman–Crippen LogP) is 0.658. The van der Waals surface area contributed by atoms with E-state index in [-0.39, 0.29) is 17.9 Å². The Balaban J connectivity index is 2.25. The Hall–Kier alpha value is -0.610. The number of carbonyl (C=O) groups excluding carboxylic acids is 1. The molecule has 0 aromatic rings. The fourth-order valence-corrected chi connectivity index (χ4v) is 2.11. The van der Waals surface area contributed by atoms with Crippen LogP contribution in [-0.4, -0.2) is 32.2 Å². The number of ether oxygens (including phenoxy) is 1. The largest absolute Gasteiger partial charge is 0.372 e. The third-order valence-electron chi connectivity index (χ3n) is 3.20. The van der Waals surface area contributed by atoms with E-state index in [0.717, 1.165) is 12.8 Å². The van der Waals surface area contributed by atoms with Gasteiger partial charge < -0.3 is 15.8 Å². The zero-order valence-corrected chi connectivity index (χ0v) is 9.55. The van der Waals surface area contributed by atoms with Gasteiger partial charge in [0.05, 0.1) is 0 Å². The number of nitrogens with one attached hydrogen (secondary N) is 1. The van der Waals surface area contributed by atoms with Crippen LogP contribution in [0.25, 0.3) is 0 Å². The summed E-state index contributed by atoms with van der Waals surface area (Å²) in [5, 5.41) is 2.91. The first-order valence-electron chi connectivity index (χ1n) is 5.77. The minimum absolute atomic E-state index is 0.0309. The van der Waals surface area contributed by atoms with Crippen molar-refractivity contribution in [2.45, 2.75) is 32.6 Å². The van der Waals surface area contributed by atoms with Crippen LogP contribution in [0.1, 0.15) is 32.6 Å². The number of hydrogen-bond donors (Lipinski definition) is 2. The standard InChI is InChI=1S/C11H22N2O2/c1-2-15-7-10(14)13-9-11(8-12)5-3-4-6-11/h2-9,12H2,1H3,(H,13,14). The summed E-state index contributed by atoms with van der Waals surface area (Å²) in [5.74, 6) is -0.0309. The molecule has 0 aromatic heterocycles. The lowest BCUT2D eigenvalue weighted by molar-refractivity contribution is -0.126. The predicted molar refractivity (Wildman–Crippen MR) is 59.5 cm³/mol. The van der Waals surface area contributed by atoms with E-state index in [0.29, 0.717) is 19.7 Å². The molecule has 88 valence electrons. The minimum atomic E-state index is -0.0309. The van der Waals surface area contributed by atoms with Crippen molar-refractivity contribution in [2.24, 2.45) is 11.1 Å². The maximum Gasteiger partial charge on any atom is 0.246 e. The molecule has 4 heteroatoms. The van der Waals surface area contributed by atoms with Crippen molar-refractivity contribution in [3.05, 3.63) is 0 Å². The van der Waals surface area contributed by atoms with Gasteiger partial charge in [0.1, 0.15) is 6.61 Å². The molecular weight excluding hydrogens is 192 g/mol. The summed E-state index contributed by atoms with van der Waals surface area (Å²) < 4.78 is 5.03. The molecule has 0 saturated heterocycles. The third-order valence-corrected chi connectivity index (χ3v) is 3.20. The van der Waals surface area contributed by atoms with E-state index in [4.69, 9.17) is 10.5 Å². The van der Waals surface area contributed by atoms with Crippen molar-refractivity contribution in [1.29, 1.82) is 0 Å². The van der Waals surface area contributed by atoms with E-state index < -0.39 is 0 Å². The van der Waals surface area contributed by atoms with Crippen molar-refractivity contribution in [1.82, 2.24) is 5.32 Å². The Kier molecular flexibility index (Phi) is 5.05. The SMILES string of the molecule is CCOCC(=O)NCC1(CN)CCCC1. The second kappa shape index (κ2) is 6.08. The number of rotatable bonds is 6. The minimum Gasteiger partial charge on any atom is -0.372 e. The summed E-state index contributed by atoms with van der Waals surface area (Å²) in [4.78, 5) is 11.3. The van der Waals surface area contributed by atoms with Crippen molar-refractivity contribution in [2.75, 3.05) is 26.3 Å². The van der Waals surface area contributed by atoms with Crippen molar-refractivity contribution in [3.8, 4) is 0 Å². The molecule has 1 saturated carbocycles. The van der Waals surface area contributed by atoms with Crippen LogP contribution < -0.4 is 11.1 Å². The second-order valence-electron chi connectivity index (χ2n) is 4.33. The van der Waals surface area contributed by atoms with Crippen molar-refractivity contribution >= 4 is 5.91 Å². The molecule has 3 N–H and O–H groups in total. The van der Waals surface area contributed by atoms with Crippen molar-refractivity contribution in [3.63, 3.8) is 0 Å². The van der Waals surface area contributed by atoms with Gasteiger partial charge in [-0.25, -0.2) is 0 Å². The molecule has 15 heavy (non-hydrogen) atoms. The Morgan fingerprint density at radius 1 is 1.47 bits per heavy atom. The van der Waals surface area contributed by atoms with Gasteiger partial charge in [0, 0.05) is 13.2 Å². The molecule has 0 bridgehead atoms. The highest BCUT2D eigenvalue weighted by atomic mass is 16.5. The highest BCUT2D eigenvalue weighted by Gasteiger charge is 2.32. The maximum atomic E-state index is 11.3. The van der Waals surface area contributed by atoms with Crippen LogP contribution in [0, 0.1) is 5.41 Å². The molecule has 0 radical (unpaired) electrons. The molecular formula is C11H22N2O2. The average Bonchev–Trinajstić information content (AvgIpc) is 2.73. The van der Waals surface area contributed by atoms with E-state index in [9.17, 15) is 4.79 Å². The maximum absolute atomic E-state index is 11.3. The Morgan fingerprint density at radius 2 is 2.13 bits per heavy atom. The van der Waals surface area contributed by atoms with Crippen LogP contribution in [-0.2, 0) is 9.53 Å². The molecule has 1 aliphatic carbocycles. The van der Waals surface area contributed by atoms with Crippen LogP contribution in [0.15, 0.2) is 0 Å². The van der Waals surface area contributed by atoms with Crippen molar-refractivity contribution < 1.29 is 9.53 Å². The number of nitrogens with two attached hydrogens (primary N) is 1. The lowest BCUT2D eigenvalue weighted by atomic mass is 9.86. The van der Waals surface area contributed by atoms with Gasteiger partial charge in [-0.15, -0.1) is 0 Å². The number of carbonyl (C=O) groups is 1. The van der Waals surface area contributed by atoms with Crippen LogP contribution >= 0.6 is 0 Å². The molecule has 0 heterocycles. The summed E-state index contributed by atoms with van der Waals surface area (Å²) in [7, 11) is 0. The van der Waals surface area contributed by atoms with Crippen LogP contribution in [0.5, 0.6) is 0 Å². The topological polar surface area (TPSA) is 64.3 Å². The third kappa shape index (κ3) is 3.80. The van der Waals surface area contributed by atoms with Gasteiger partial charge in [-0.2, -0.15) is 0 Å². The normalized spacial score (nSPS) is 19.1. The van der Waals surface area contributed by atoms with Crippen LogP contribution in [0.2, 0.25) is 0 Å². The Bertz CT molecular complexity index is 201. The van der Waals surface area contributed by atoms with E-state index in [1.165, 1.54) is 12.8 Å². The fourth-order valence-electron chi connectivity index (χ4n) is 2.11. The number of hydrogen-bond acceptors (Lipinski definition) is 3. The van der Waals surface area contributed by atoms with Gasteiger partial charge in [-0.3, -0.25) is 4.79 Å². The van der Waals surface area contributed by atoms with Gasteiger partial charge in [0.25, 0.3) is 0 Å².